The SMILES string of the molecule is CC1=CC(C)=N/C1=C\c1c(C)cc(C)n1B(F)F. The van der Waals surface area contributed by atoms with Crippen LogP contribution >= 0.6 is 0 Å². The van der Waals surface area contributed by atoms with Crippen molar-refractivity contribution in [3.63, 3.8) is 0 Å². The molecule has 1 aliphatic rings. The van der Waals surface area contributed by atoms with E-state index < -0.39 is 7.40 Å². The van der Waals surface area contributed by atoms with Gasteiger partial charge in [0.25, 0.3) is 0 Å². The van der Waals surface area contributed by atoms with E-state index in [1.807, 2.05) is 26.8 Å². The molecule has 2 nitrogen and oxygen atoms in total. The van der Waals surface area contributed by atoms with E-state index in [2.05, 4.69) is 4.99 Å². The van der Waals surface area contributed by atoms with Gasteiger partial charge in [0, 0.05) is 17.1 Å². The Labute approximate surface area is 106 Å². The Morgan fingerprint density at radius 3 is 2.39 bits per heavy atom. The fourth-order valence-corrected chi connectivity index (χ4v) is 2.25. The van der Waals surface area contributed by atoms with Crippen LogP contribution in [-0.4, -0.2) is 17.6 Å². The van der Waals surface area contributed by atoms with Crippen molar-refractivity contribution in [3.8, 4) is 0 Å². The number of rotatable bonds is 2. The van der Waals surface area contributed by atoms with Crippen molar-refractivity contribution in [3.05, 3.63) is 40.4 Å². The first-order chi connectivity index (χ1) is 8.40. The Bertz CT molecular complexity index is 580. The number of halogens is 2. The van der Waals surface area contributed by atoms with Crippen LogP contribution < -0.4 is 0 Å². The molecule has 18 heavy (non-hydrogen) atoms. The Morgan fingerprint density at radius 2 is 1.89 bits per heavy atom. The first-order valence-corrected chi connectivity index (χ1v) is 5.82. The number of aliphatic imine (C=N–C) groups is 1. The van der Waals surface area contributed by atoms with Crippen molar-refractivity contribution in [1.29, 1.82) is 0 Å². The summed E-state index contributed by atoms with van der Waals surface area (Å²) in [6, 6.07) is 1.77. The Balaban J connectivity index is 2.54. The van der Waals surface area contributed by atoms with E-state index >= 15 is 0 Å². The van der Waals surface area contributed by atoms with Crippen LogP contribution in [0.1, 0.15) is 30.8 Å². The smallest absolute Gasteiger partial charge is 0.329 e. The normalized spacial score (nSPS) is 17.1. The topological polar surface area (TPSA) is 17.3 Å². The molecule has 2 heterocycles. The van der Waals surface area contributed by atoms with E-state index in [0.29, 0.717) is 11.4 Å². The lowest BCUT2D eigenvalue weighted by atomic mass is 10.1. The maximum absolute atomic E-state index is 13.0. The second kappa shape index (κ2) is 4.56. The Kier molecular flexibility index (Phi) is 3.24. The summed E-state index contributed by atoms with van der Waals surface area (Å²) < 4.78 is 27.1. The molecular formula is C13H15BF2N2. The summed E-state index contributed by atoms with van der Waals surface area (Å²) in [5, 5.41) is 0. The molecule has 94 valence electrons. The summed E-state index contributed by atoms with van der Waals surface area (Å²) in [5.41, 5.74) is 4.61. The molecule has 1 aliphatic heterocycles. The Hall–Kier alpha value is -1.65. The van der Waals surface area contributed by atoms with Crippen LogP contribution in [-0.2, 0) is 0 Å². The third kappa shape index (κ3) is 2.17. The zero-order chi connectivity index (χ0) is 13.4. The minimum atomic E-state index is -2.53. The van der Waals surface area contributed by atoms with Crippen molar-refractivity contribution in [2.45, 2.75) is 27.7 Å². The number of hydrogen-bond acceptors (Lipinski definition) is 1. The summed E-state index contributed by atoms with van der Waals surface area (Å²) in [5.74, 6) is 0. The molecule has 5 heteroatoms. The minimum absolute atomic E-state index is 0.531. The molecule has 0 fully saturated rings. The van der Waals surface area contributed by atoms with Crippen molar-refractivity contribution >= 4 is 19.2 Å². The maximum atomic E-state index is 13.0. The van der Waals surface area contributed by atoms with Gasteiger partial charge >= 0.3 is 7.40 Å². The van der Waals surface area contributed by atoms with Gasteiger partial charge in [-0.2, -0.15) is 0 Å². The molecule has 0 spiro atoms. The lowest BCUT2D eigenvalue weighted by Crippen LogP contribution is -2.16. The van der Waals surface area contributed by atoms with E-state index in [-0.39, 0.29) is 0 Å². The van der Waals surface area contributed by atoms with Gasteiger partial charge in [-0.3, -0.25) is 13.6 Å². The van der Waals surface area contributed by atoms with Crippen LogP contribution in [0.25, 0.3) is 6.08 Å². The summed E-state index contributed by atoms with van der Waals surface area (Å²) in [6.45, 7) is 7.36. The average molecular weight is 248 g/mol. The van der Waals surface area contributed by atoms with Crippen molar-refractivity contribution in [2.24, 2.45) is 4.99 Å². The lowest BCUT2D eigenvalue weighted by molar-refractivity contribution is 0.624. The summed E-state index contributed by atoms with van der Waals surface area (Å²) in [4.78, 5) is 4.34. The van der Waals surface area contributed by atoms with Gasteiger partial charge in [-0.05, 0) is 57.0 Å². The van der Waals surface area contributed by atoms with Crippen LogP contribution in [0, 0.1) is 13.8 Å². The fraction of sp³-hybridized carbons (Fsp3) is 0.308. The van der Waals surface area contributed by atoms with Gasteiger partial charge in [-0.1, -0.05) is 0 Å². The van der Waals surface area contributed by atoms with Crippen molar-refractivity contribution < 1.29 is 8.63 Å². The summed E-state index contributed by atoms with van der Waals surface area (Å²) in [6.07, 6.45) is 3.68. The molecule has 0 amide bonds. The van der Waals surface area contributed by atoms with Crippen molar-refractivity contribution in [2.75, 3.05) is 0 Å². The summed E-state index contributed by atoms with van der Waals surface area (Å²) in [7, 11) is -2.53. The predicted octanol–water partition coefficient (Wildman–Crippen LogP) is 3.64. The minimum Gasteiger partial charge on any atom is -0.329 e. The van der Waals surface area contributed by atoms with E-state index in [9.17, 15) is 8.63 Å². The van der Waals surface area contributed by atoms with E-state index in [1.54, 1.807) is 19.1 Å². The van der Waals surface area contributed by atoms with Gasteiger partial charge in [0.15, 0.2) is 0 Å². The van der Waals surface area contributed by atoms with Gasteiger partial charge in [-0.15, -0.1) is 0 Å². The molecule has 1 aromatic rings. The molecule has 0 radical (unpaired) electrons. The maximum Gasteiger partial charge on any atom is 0.677 e. The number of aryl methyl sites for hydroxylation is 2. The van der Waals surface area contributed by atoms with Gasteiger partial charge in [0.1, 0.15) is 0 Å². The molecule has 0 N–H and O–H groups in total. The third-order valence-corrected chi connectivity index (χ3v) is 3.06. The van der Waals surface area contributed by atoms with Crippen LogP contribution in [0.3, 0.4) is 0 Å². The third-order valence-electron chi connectivity index (χ3n) is 3.06. The molecule has 0 aliphatic carbocycles. The number of hydrogen-bond donors (Lipinski definition) is 0. The van der Waals surface area contributed by atoms with Gasteiger partial charge in [-0.25, -0.2) is 0 Å². The second-order valence-electron chi connectivity index (χ2n) is 4.61. The molecule has 0 unspecified atom stereocenters. The number of aromatic nitrogens is 1. The van der Waals surface area contributed by atoms with Crippen LogP contribution in [0.2, 0.25) is 0 Å². The van der Waals surface area contributed by atoms with E-state index in [0.717, 1.165) is 27.0 Å². The quantitative estimate of drug-likeness (QED) is 0.711. The molecule has 2 rings (SSSR count). The highest BCUT2D eigenvalue weighted by Gasteiger charge is 2.23. The molecule has 0 atom stereocenters. The van der Waals surface area contributed by atoms with Crippen LogP contribution in [0.15, 0.2) is 28.4 Å². The van der Waals surface area contributed by atoms with Gasteiger partial charge < -0.3 is 4.48 Å². The first kappa shape index (κ1) is 12.8. The molecule has 0 bridgehead atoms. The monoisotopic (exact) mass is 248 g/mol. The van der Waals surface area contributed by atoms with E-state index in [1.165, 1.54) is 0 Å². The zero-order valence-corrected chi connectivity index (χ0v) is 11.0. The standard InChI is InChI=1S/C13H15BF2N2/c1-8-5-10(3)17-12(8)7-13-9(2)6-11(4)18(13)14(15)16/h5-7H,1-4H3/b12-7-. The second-order valence-corrected chi connectivity index (χ2v) is 4.61. The molecule has 1 aromatic heterocycles. The number of allylic oxidation sites excluding steroid dienone is 2. The van der Waals surface area contributed by atoms with Crippen LogP contribution in [0.5, 0.6) is 0 Å². The lowest BCUT2D eigenvalue weighted by Gasteiger charge is -2.06. The first-order valence-electron chi connectivity index (χ1n) is 5.82. The molecule has 0 aromatic carbocycles. The van der Waals surface area contributed by atoms with E-state index in [4.69, 9.17) is 0 Å². The average Bonchev–Trinajstić information content (AvgIpc) is 2.68. The molecule has 0 saturated heterocycles. The largest absolute Gasteiger partial charge is 0.677 e. The highest BCUT2D eigenvalue weighted by atomic mass is 19.2. The van der Waals surface area contributed by atoms with Crippen molar-refractivity contribution in [1.82, 2.24) is 4.48 Å². The van der Waals surface area contributed by atoms with Gasteiger partial charge in [0.2, 0.25) is 0 Å². The number of nitrogens with zero attached hydrogens (tertiary/aromatic N) is 2. The Morgan fingerprint density at radius 1 is 1.22 bits per heavy atom. The molecular weight excluding hydrogens is 233 g/mol. The highest BCUT2D eigenvalue weighted by molar-refractivity contribution is 6.41. The molecule has 0 saturated carbocycles. The fourth-order valence-electron chi connectivity index (χ4n) is 2.25. The van der Waals surface area contributed by atoms with Crippen LogP contribution in [0.4, 0.5) is 8.63 Å². The predicted molar refractivity (Wildman–Crippen MR) is 72.1 cm³/mol. The summed E-state index contributed by atoms with van der Waals surface area (Å²) >= 11 is 0. The highest BCUT2D eigenvalue weighted by Crippen LogP contribution is 2.25. The van der Waals surface area contributed by atoms with Gasteiger partial charge in [0.05, 0.1) is 5.70 Å². The zero-order valence-electron chi connectivity index (χ0n) is 11.0.